The Bertz CT molecular complexity index is 184. The van der Waals surface area contributed by atoms with Gasteiger partial charge in [-0.15, -0.1) is 0 Å². The van der Waals surface area contributed by atoms with Crippen LogP contribution in [-0.4, -0.2) is 12.6 Å². The van der Waals surface area contributed by atoms with Gasteiger partial charge in [0.15, 0.2) is 0 Å². The van der Waals surface area contributed by atoms with Crippen molar-refractivity contribution >= 4 is 5.97 Å². The summed E-state index contributed by atoms with van der Waals surface area (Å²) in [6.45, 7) is 4.63. The fraction of sp³-hybridized carbons (Fsp3) is 0.700. The van der Waals surface area contributed by atoms with E-state index in [1.165, 1.54) is 0 Å². The van der Waals surface area contributed by atoms with Gasteiger partial charge in [-0.2, -0.15) is 0 Å². The minimum atomic E-state index is -0.0330. The van der Waals surface area contributed by atoms with Crippen LogP contribution in [-0.2, 0) is 9.53 Å². The first-order valence-corrected chi connectivity index (χ1v) is 4.59. The van der Waals surface area contributed by atoms with Crippen LogP contribution in [0.5, 0.6) is 0 Å². The molecule has 1 aliphatic heterocycles. The van der Waals surface area contributed by atoms with Crippen LogP contribution in [0, 0.1) is 11.8 Å². The summed E-state index contributed by atoms with van der Waals surface area (Å²) < 4.78 is 5.07. The zero-order chi connectivity index (χ0) is 8.97. The number of esters is 1. The molecule has 12 heavy (non-hydrogen) atoms. The number of rotatable bonds is 1. The maximum Gasteiger partial charge on any atom is 0.309 e. The second-order valence-corrected chi connectivity index (χ2v) is 3.26. The quantitative estimate of drug-likeness (QED) is 0.443. The monoisotopic (exact) mass is 168 g/mol. The SMILES string of the molecule is CCC1C(=O)OCC/C=C\[C@H]1C. The van der Waals surface area contributed by atoms with E-state index in [0.717, 1.165) is 12.8 Å². The van der Waals surface area contributed by atoms with Crippen molar-refractivity contribution in [3.63, 3.8) is 0 Å². The molecule has 0 aromatic carbocycles. The first kappa shape index (κ1) is 9.30. The fourth-order valence-corrected chi connectivity index (χ4v) is 1.53. The summed E-state index contributed by atoms with van der Waals surface area (Å²) in [6, 6.07) is 0. The van der Waals surface area contributed by atoms with Gasteiger partial charge in [0.1, 0.15) is 0 Å². The van der Waals surface area contributed by atoms with E-state index in [1.807, 2.05) is 6.92 Å². The summed E-state index contributed by atoms with van der Waals surface area (Å²) in [5, 5.41) is 0. The number of allylic oxidation sites excluding steroid dienone is 1. The predicted molar refractivity (Wildman–Crippen MR) is 47.7 cm³/mol. The Hall–Kier alpha value is -0.790. The lowest BCUT2D eigenvalue weighted by Crippen LogP contribution is -2.24. The molecule has 1 aliphatic rings. The second kappa shape index (κ2) is 4.29. The molecule has 68 valence electrons. The number of hydrogen-bond acceptors (Lipinski definition) is 2. The summed E-state index contributed by atoms with van der Waals surface area (Å²) in [5.74, 6) is 0.346. The van der Waals surface area contributed by atoms with Crippen molar-refractivity contribution in [2.45, 2.75) is 26.7 Å². The van der Waals surface area contributed by atoms with Gasteiger partial charge in [-0.1, -0.05) is 26.0 Å². The van der Waals surface area contributed by atoms with Crippen LogP contribution in [0.2, 0.25) is 0 Å². The van der Waals surface area contributed by atoms with Crippen molar-refractivity contribution < 1.29 is 9.53 Å². The minimum Gasteiger partial charge on any atom is -0.465 e. The molecule has 2 heteroatoms. The molecule has 0 fully saturated rings. The molecule has 0 saturated carbocycles. The van der Waals surface area contributed by atoms with E-state index in [2.05, 4.69) is 19.1 Å². The smallest absolute Gasteiger partial charge is 0.309 e. The third-order valence-electron chi connectivity index (χ3n) is 2.35. The van der Waals surface area contributed by atoms with Crippen molar-refractivity contribution in [2.75, 3.05) is 6.61 Å². The summed E-state index contributed by atoms with van der Waals surface area (Å²) in [7, 11) is 0. The summed E-state index contributed by atoms with van der Waals surface area (Å²) >= 11 is 0. The largest absolute Gasteiger partial charge is 0.465 e. The molecule has 2 nitrogen and oxygen atoms in total. The van der Waals surface area contributed by atoms with E-state index in [1.54, 1.807) is 0 Å². The highest BCUT2D eigenvalue weighted by Crippen LogP contribution is 2.20. The van der Waals surface area contributed by atoms with Gasteiger partial charge in [-0.05, 0) is 18.8 Å². The molecule has 0 radical (unpaired) electrons. The zero-order valence-electron chi connectivity index (χ0n) is 7.75. The standard InChI is InChI=1S/C10H16O2/c1-3-9-8(2)6-4-5-7-12-10(9)11/h4,6,8-9H,3,5,7H2,1-2H3/b6-4-/t8-,9?/m1/s1. The van der Waals surface area contributed by atoms with Crippen LogP contribution >= 0.6 is 0 Å². The van der Waals surface area contributed by atoms with Crippen LogP contribution in [0.3, 0.4) is 0 Å². The number of hydrogen-bond donors (Lipinski definition) is 0. The normalized spacial score (nSPS) is 33.3. The van der Waals surface area contributed by atoms with Crippen LogP contribution in [0.15, 0.2) is 12.2 Å². The van der Waals surface area contributed by atoms with Gasteiger partial charge in [0.05, 0.1) is 12.5 Å². The third kappa shape index (κ3) is 2.10. The van der Waals surface area contributed by atoms with Crippen molar-refractivity contribution in [2.24, 2.45) is 11.8 Å². The Morgan fingerprint density at radius 2 is 2.42 bits per heavy atom. The molecular weight excluding hydrogens is 152 g/mol. The highest BCUT2D eigenvalue weighted by atomic mass is 16.5. The minimum absolute atomic E-state index is 0.0330. The van der Waals surface area contributed by atoms with Crippen LogP contribution < -0.4 is 0 Å². The third-order valence-corrected chi connectivity index (χ3v) is 2.35. The number of ether oxygens (including phenoxy) is 1. The van der Waals surface area contributed by atoms with E-state index in [0.29, 0.717) is 12.5 Å². The number of cyclic esters (lactones) is 1. The van der Waals surface area contributed by atoms with Crippen molar-refractivity contribution in [3.05, 3.63) is 12.2 Å². The Kier molecular flexibility index (Phi) is 3.32. The molecular formula is C10H16O2. The summed E-state index contributed by atoms with van der Waals surface area (Å²) in [6.07, 6.45) is 5.94. The van der Waals surface area contributed by atoms with Gasteiger partial charge < -0.3 is 4.74 Å². The van der Waals surface area contributed by atoms with Crippen molar-refractivity contribution in [1.29, 1.82) is 0 Å². The lowest BCUT2D eigenvalue weighted by atomic mass is 9.90. The van der Waals surface area contributed by atoms with Crippen LogP contribution in [0.1, 0.15) is 26.7 Å². The zero-order valence-corrected chi connectivity index (χ0v) is 7.75. The van der Waals surface area contributed by atoms with Crippen LogP contribution in [0.4, 0.5) is 0 Å². The molecule has 0 saturated heterocycles. The van der Waals surface area contributed by atoms with Gasteiger partial charge >= 0.3 is 5.97 Å². The molecule has 1 heterocycles. The molecule has 0 amide bonds. The van der Waals surface area contributed by atoms with Gasteiger partial charge in [0, 0.05) is 0 Å². The van der Waals surface area contributed by atoms with E-state index < -0.39 is 0 Å². The van der Waals surface area contributed by atoms with E-state index in [9.17, 15) is 4.79 Å². The number of carbonyl (C=O) groups excluding carboxylic acids is 1. The Morgan fingerprint density at radius 1 is 1.67 bits per heavy atom. The van der Waals surface area contributed by atoms with Gasteiger partial charge in [0.2, 0.25) is 0 Å². The van der Waals surface area contributed by atoms with E-state index in [4.69, 9.17) is 4.74 Å². The molecule has 0 aromatic heterocycles. The van der Waals surface area contributed by atoms with E-state index >= 15 is 0 Å². The predicted octanol–water partition coefficient (Wildman–Crippen LogP) is 2.15. The lowest BCUT2D eigenvalue weighted by Gasteiger charge is -2.20. The van der Waals surface area contributed by atoms with Crippen LogP contribution in [0.25, 0.3) is 0 Å². The van der Waals surface area contributed by atoms with Gasteiger partial charge in [-0.25, -0.2) is 0 Å². The maximum absolute atomic E-state index is 11.4. The summed E-state index contributed by atoms with van der Waals surface area (Å²) in [5.41, 5.74) is 0. The maximum atomic E-state index is 11.4. The molecule has 0 spiro atoms. The molecule has 0 bridgehead atoms. The Labute approximate surface area is 73.6 Å². The van der Waals surface area contributed by atoms with Crippen molar-refractivity contribution in [3.8, 4) is 0 Å². The molecule has 2 atom stereocenters. The average Bonchev–Trinajstić information content (AvgIpc) is 2.02. The summed E-state index contributed by atoms with van der Waals surface area (Å²) in [4.78, 5) is 11.4. The molecule has 1 unspecified atom stereocenters. The average molecular weight is 168 g/mol. The number of carbonyl (C=O) groups is 1. The second-order valence-electron chi connectivity index (χ2n) is 3.26. The highest BCUT2D eigenvalue weighted by Gasteiger charge is 2.23. The van der Waals surface area contributed by atoms with Gasteiger partial charge in [-0.3, -0.25) is 4.79 Å². The topological polar surface area (TPSA) is 26.3 Å². The Balaban J connectivity index is 2.68. The molecule has 0 N–H and O–H groups in total. The molecule has 0 aromatic rings. The first-order chi connectivity index (χ1) is 5.75. The fourth-order valence-electron chi connectivity index (χ4n) is 1.53. The lowest BCUT2D eigenvalue weighted by molar-refractivity contribution is -0.150. The first-order valence-electron chi connectivity index (χ1n) is 4.59. The molecule has 1 rings (SSSR count). The Morgan fingerprint density at radius 3 is 3.08 bits per heavy atom. The molecule has 0 aliphatic carbocycles. The van der Waals surface area contributed by atoms with Crippen molar-refractivity contribution in [1.82, 2.24) is 0 Å². The highest BCUT2D eigenvalue weighted by molar-refractivity contribution is 5.73. The van der Waals surface area contributed by atoms with Gasteiger partial charge in [0.25, 0.3) is 0 Å². The van der Waals surface area contributed by atoms with E-state index in [-0.39, 0.29) is 11.9 Å².